The molecule has 0 unspecified atom stereocenters. The highest BCUT2D eigenvalue weighted by molar-refractivity contribution is 7.93. The van der Waals surface area contributed by atoms with Gasteiger partial charge in [-0.25, -0.2) is 12.7 Å². The first kappa shape index (κ1) is 20.0. The highest BCUT2D eigenvalue weighted by Gasteiger charge is 2.32. The normalized spacial score (nSPS) is 11.1. The zero-order valence-electron chi connectivity index (χ0n) is 15.1. The van der Waals surface area contributed by atoms with E-state index in [1.165, 1.54) is 55.5 Å². The number of sulfonamides is 1. The zero-order chi connectivity index (χ0) is 21.2. The topological polar surface area (TPSA) is 124 Å². The van der Waals surface area contributed by atoms with E-state index in [1.54, 1.807) is 18.2 Å². The minimum absolute atomic E-state index is 0.157. The number of hydrogen-bond donors (Lipinski definition) is 0. The molecular weight excluding hydrogens is 398 g/mol. The molecule has 0 fully saturated rings. The Morgan fingerprint density at radius 3 is 2.00 bits per heavy atom. The summed E-state index contributed by atoms with van der Waals surface area (Å²) >= 11 is 0. The fourth-order valence-electron chi connectivity index (χ4n) is 2.81. The highest BCUT2D eigenvalue weighted by Crippen LogP contribution is 2.38. The van der Waals surface area contributed by atoms with Crippen LogP contribution in [0, 0.1) is 27.2 Å². The van der Waals surface area contributed by atoms with E-state index in [9.17, 15) is 28.6 Å². The number of rotatable bonds is 6. The Kier molecular flexibility index (Phi) is 5.29. The Labute approximate surface area is 166 Å². The van der Waals surface area contributed by atoms with Crippen molar-refractivity contribution in [3.63, 3.8) is 0 Å². The fourth-order valence-corrected chi connectivity index (χ4v) is 4.34. The van der Waals surface area contributed by atoms with Crippen molar-refractivity contribution in [3.05, 3.63) is 98.6 Å². The zero-order valence-corrected chi connectivity index (χ0v) is 15.9. The first-order valence-corrected chi connectivity index (χ1v) is 9.76. The van der Waals surface area contributed by atoms with Crippen LogP contribution in [-0.4, -0.2) is 18.3 Å². The average Bonchev–Trinajstić information content (AvgIpc) is 2.69. The molecule has 0 aliphatic carbocycles. The smallest absolute Gasteiger partial charge is 0.258 e. The monoisotopic (exact) mass is 413 g/mol. The maximum atomic E-state index is 13.5. The lowest BCUT2D eigenvalue weighted by Crippen LogP contribution is -2.27. The summed E-state index contributed by atoms with van der Waals surface area (Å²) in [4.78, 5) is 21.1. The van der Waals surface area contributed by atoms with Gasteiger partial charge in [0.25, 0.3) is 21.4 Å². The predicted molar refractivity (Wildman–Crippen MR) is 107 cm³/mol. The molecule has 0 N–H and O–H groups in total. The van der Waals surface area contributed by atoms with Gasteiger partial charge in [-0.3, -0.25) is 20.2 Å². The van der Waals surface area contributed by atoms with Crippen molar-refractivity contribution < 1.29 is 18.3 Å². The number of para-hydroxylation sites is 3. The number of nitro groups is 2. The molecular formula is C19H15N3O6S. The molecule has 9 nitrogen and oxygen atoms in total. The SMILES string of the molecule is Cc1ccc(S(=O)(=O)N(c2ccccc2)c2ccccc2[N+](=O)[O-])cc1[N+](=O)[O-]. The fraction of sp³-hybridized carbons (Fsp3) is 0.0526. The van der Waals surface area contributed by atoms with E-state index in [2.05, 4.69) is 0 Å². The number of anilines is 2. The Hall–Kier alpha value is -3.79. The molecule has 0 saturated heterocycles. The molecule has 0 spiro atoms. The largest absolute Gasteiger partial charge is 0.293 e. The molecule has 0 aliphatic rings. The van der Waals surface area contributed by atoms with Gasteiger partial charge in [-0.2, -0.15) is 0 Å². The second-order valence-electron chi connectivity index (χ2n) is 6.06. The van der Waals surface area contributed by atoms with E-state index in [-0.39, 0.29) is 22.0 Å². The van der Waals surface area contributed by atoms with Crippen molar-refractivity contribution in [1.29, 1.82) is 0 Å². The average molecular weight is 413 g/mol. The van der Waals surface area contributed by atoms with Crippen molar-refractivity contribution >= 4 is 32.8 Å². The summed E-state index contributed by atoms with van der Waals surface area (Å²) < 4.78 is 27.8. The van der Waals surface area contributed by atoms with Gasteiger partial charge in [0, 0.05) is 17.7 Å². The summed E-state index contributed by atoms with van der Waals surface area (Å²) in [6, 6.07) is 16.7. The highest BCUT2D eigenvalue weighted by atomic mass is 32.2. The van der Waals surface area contributed by atoms with E-state index < -0.39 is 25.6 Å². The minimum Gasteiger partial charge on any atom is -0.258 e. The van der Waals surface area contributed by atoms with E-state index in [0.29, 0.717) is 5.56 Å². The standard InChI is InChI=1S/C19H15N3O6S/c1-14-11-12-16(13-19(14)22(25)26)29(27,28)20(15-7-3-2-4-8-15)17-9-5-6-10-18(17)21(23)24/h2-13H,1H3. The van der Waals surface area contributed by atoms with E-state index in [0.717, 1.165) is 10.4 Å². The molecule has 0 saturated carbocycles. The summed E-state index contributed by atoms with van der Waals surface area (Å²) in [5.74, 6) is 0. The van der Waals surface area contributed by atoms with Gasteiger partial charge in [-0.15, -0.1) is 0 Å². The number of nitro benzene ring substituents is 2. The van der Waals surface area contributed by atoms with Crippen LogP contribution in [0.1, 0.15) is 5.56 Å². The molecule has 3 aromatic rings. The van der Waals surface area contributed by atoms with Crippen molar-refractivity contribution in [2.45, 2.75) is 11.8 Å². The second kappa shape index (κ2) is 7.68. The van der Waals surface area contributed by atoms with Crippen LogP contribution in [0.25, 0.3) is 0 Å². The molecule has 0 amide bonds. The lowest BCUT2D eigenvalue weighted by molar-refractivity contribution is -0.385. The van der Waals surface area contributed by atoms with Crippen LogP contribution in [0.15, 0.2) is 77.7 Å². The summed E-state index contributed by atoms with van der Waals surface area (Å²) in [7, 11) is -4.41. The number of hydrogen-bond acceptors (Lipinski definition) is 6. The molecule has 148 valence electrons. The van der Waals surface area contributed by atoms with E-state index in [4.69, 9.17) is 0 Å². The third-order valence-corrected chi connectivity index (χ3v) is 5.94. The Bertz CT molecular complexity index is 1200. The Morgan fingerprint density at radius 1 is 0.793 bits per heavy atom. The molecule has 0 atom stereocenters. The molecule has 0 heterocycles. The lowest BCUT2D eigenvalue weighted by Gasteiger charge is -2.24. The van der Waals surface area contributed by atoms with Gasteiger partial charge in [0.15, 0.2) is 0 Å². The molecule has 0 aromatic heterocycles. The van der Waals surface area contributed by atoms with Crippen LogP contribution in [0.2, 0.25) is 0 Å². The van der Waals surface area contributed by atoms with Crippen LogP contribution in [0.5, 0.6) is 0 Å². The van der Waals surface area contributed by atoms with Crippen molar-refractivity contribution in [2.75, 3.05) is 4.31 Å². The minimum atomic E-state index is -4.41. The quantitative estimate of drug-likeness (QED) is 0.437. The van der Waals surface area contributed by atoms with Crippen LogP contribution in [0.3, 0.4) is 0 Å². The molecule has 3 aromatic carbocycles. The number of benzene rings is 3. The lowest BCUT2D eigenvalue weighted by atomic mass is 10.2. The van der Waals surface area contributed by atoms with Crippen LogP contribution < -0.4 is 4.31 Å². The first-order chi connectivity index (χ1) is 13.7. The maximum absolute atomic E-state index is 13.5. The molecule has 3 rings (SSSR count). The molecule has 0 radical (unpaired) electrons. The van der Waals surface area contributed by atoms with E-state index >= 15 is 0 Å². The van der Waals surface area contributed by atoms with Gasteiger partial charge in [-0.1, -0.05) is 36.4 Å². The molecule has 0 bridgehead atoms. The Morgan fingerprint density at radius 2 is 1.38 bits per heavy atom. The summed E-state index contributed by atoms with van der Waals surface area (Å²) in [6.07, 6.45) is 0. The van der Waals surface area contributed by atoms with Crippen molar-refractivity contribution in [1.82, 2.24) is 0 Å². The van der Waals surface area contributed by atoms with Gasteiger partial charge < -0.3 is 0 Å². The van der Waals surface area contributed by atoms with E-state index in [1.807, 2.05) is 0 Å². The van der Waals surface area contributed by atoms with Gasteiger partial charge >= 0.3 is 0 Å². The second-order valence-corrected chi connectivity index (χ2v) is 7.84. The van der Waals surface area contributed by atoms with Gasteiger partial charge in [0.2, 0.25) is 0 Å². The van der Waals surface area contributed by atoms with Crippen LogP contribution in [-0.2, 0) is 10.0 Å². The molecule has 29 heavy (non-hydrogen) atoms. The molecule has 10 heteroatoms. The first-order valence-electron chi connectivity index (χ1n) is 8.32. The maximum Gasteiger partial charge on any atom is 0.293 e. The van der Waals surface area contributed by atoms with Gasteiger partial charge in [0.1, 0.15) is 5.69 Å². The summed E-state index contributed by atoms with van der Waals surface area (Å²) in [6.45, 7) is 1.49. The summed E-state index contributed by atoms with van der Waals surface area (Å²) in [5.41, 5.74) is -0.494. The molecule has 0 aliphatic heterocycles. The third kappa shape index (κ3) is 3.78. The predicted octanol–water partition coefficient (Wildman–Crippen LogP) is 4.34. The van der Waals surface area contributed by atoms with Gasteiger partial charge in [0.05, 0.1) is 20.4 Å². The van der Waals surface area contributed by atoms with Crippen LogP contribution in [0.4, 0.5) is 22.7 Å². The van der Waals surface area contributed by atoms with Crippen LogP contribution >= 0.6 is 0 Å². The third-order valence-electron chi connectivity index (χ3n) is 4.20. The van der Waals surface area contributed by atoms with Crippen molar-refractivity contribution in [2.24, 2.45) is 0 Å². The van der Waals surface area contributed by atoms with Crippen molar-refractivity contribution in [3.8, 4) is 0 Å². The summed E-state index contributed by atoms with van der Waals surface area (Å²) in [5, 5.41) is 22.8. The van der Waals surface area contributed by atoms with Gasteiger partial charge in [-0.05, 0) is 31.2 Å². The number of aryl methyl sites for hydroxylation is 1. The number of nitrogens with zero attached hydrogens (tertiary/aromatic N) is 3. The Balaban J connectivity index is 2.30.